The van der Waals surface area contributed by atoms with E-state index in [1.807, 2.05) is 0 Å². The molecular weight excluding hydrogens is 222 g/mol. The smallest absolute Gasteiger partial charge is 0.337 e. The number of aromatic nitrogens is 1. The van der Waals surface area contributed by atoms with E-state index in [9.17, 15) is 9.90 Å². The zero-order valence-electron chi connectivity index (χ0n) is 9.08. The SMILES string of the molecule is O=C(O)c1c(C2CCCC2)[nH]c2c1CSC2. The molecule has 86 valence electrons. The van der Waals surface area contributed by atoms with Gasteiger partial charge < -0.3 is 10.1 Å². The highest BCUT2D eigenvalue weighted by Gasteiger charge is 2.30. The molecule has 1 aliphatic carbocycles. The first-order valence-corrected chi connectivity index (χ1v) is 6.97. The van der Waals surface area contributed by atoms with Gasteiger partial charge in [0.15, 0.2) is 0 Å². The van der Waals surface area contributed by atoms with Crippen LogP contribution in [0.3, 0.4) is 0 Å². The van der Waals surface area contributed by atoms with Crippen LogP contribution in [0.15, 0.2) is 0 Å². The third kappa shape index (κ3) is 1.47. The minimum absolute atomic E-state index is 0.460. The molecule has 0 saturated heterocycles. The summed E-state index contributed by atoms with van der Waals surface area (Å²) in [6, 6.07) is 0. The van der Waals surface area contributed by atoms with Crippen LogP contribution in [0.5, 0.6) is 0 Å². The van der Waals surface area contributed by atoms with Crippen molar-refractivity contribution in [3.05, 3.63) is 22.5 Å². The highest BCUT2D eigenvalue weighted by atomic mass is 32.2. The van der Waals surface area contributed by atoms with Crippen molar-refractivity contribution in [3.63, 3.8) is 0 Å². The van der Waals surface area contributed by atoms with Crippen LogP contribution in [0.25, 0.3) is 0 Å². The standard InChI is InChI=1S/C12H15NO2S/c14-12(15)10-8-5-16-6-9(8)13-11(10)7-3-1-2-4-7/h7,13H,1-6H2,(H,14,15). The lowest BCUT2D eigenvalue weighted by molar-refractivity contribution is 0.0694. The lowest BCUT2D eigenvalue weighted by atomic mass is 9.98. The molecule has 0 amide bonds. The van der Waals surface area contributed by atoms with Gasteiger partial charge in [0.1, 0.15) is 0 Å². The lowest BCUT2D eigenvalue weighted by Gasteiger charge is -2.09. The molecule has 4 heteroatoms. The van der Waals surface area contributed by atoms with Crippen LogP contribution in [0, 0.1) is 0 Å². The summed E-state index contributed by atoms with van der Waals surface area (Å²) in [5, 5.41) is 9.35. The Morgan fingerprint density at radius 3 is 2.75 bits per heavy atom. The number of H-pyrrole nitrogens is 1. The number of hydrogen-bond donors (Lipinski definition) is 2. The van der Waals surface area contributed by atoms with Gasteiger partial charge in [-0.05, 0) is 24.3 Å². The number of fused-ring (bicyclic) bond motifs is 1. The zero-order chi connectivity index (χ0) is 11.1. The molecular formula is C12H15NO2S. The second kappa shape index (κ2) is 3.84. The maximum Gasteiger partial charge on any atom is 0.337 e. The maximum atomic E-state index is 11.4. The van der Waals surface area contributed by atoms with E-state index in [1.165, 1.54) is 12.8 Å². The van der Waals surface area contributed by atoms with E-state index in [-0.39, 0.29) is 0 Å². The zero-order valence-corrected chi connectivity index (χ0v) is 9.90. The molecule has 2 aliphatic rings. The third-order valence-corrected chi connectivity index (χ3v) is 4.68. The monoisotopic (exact) mass is 237 g/mol. The Morgan fingerprint density at radius 2 is 2.06 bits per heavy atom. The van der Waals surface area contributed by atoms with Crippen LogP contribution in [0.1, 0.15) is 58.9 Å². The van der Waals surface area contributed by atoms with E-state index in [4.69, 9.17) is 0 Å². The van der Waals surface area contributed by atoms with Crippen LogP contribution in [0.4, 0.5) is 0 Å². The second-order valence-corrected chi connectivity index (χ2v) is 5.64. The summed E-state index contributed by atoms with van der Waals surface area (Å²) in [7, 11) is 0. The van der Waals surface area contributed by atoms with E-state index < -0.39 is 5.97 Å². The number of carboxylic acids is 1. The summed E-state index contributed by atoms with van der Waals surface area (Å²) in [6.07, 6.45) is 4.77. The fraction of sp³-hybridized carbons (Fsp3) is 0.583. The summed E-state index contributed by atoms with van der Waals surface area (Å²) in [4.78, 5) is 14.8. The molecule has 0 unspecified atom stereocenters. The van der Waals surface area contributed by atoms with Gasteiger partial charge in [-0.2, -0.15) is 11.8 Å². The average Bonchev–Trinajstić information content (AvgIpc) is 2.92. The molecule has 3 nitrogen and oxygen atoms in total. The number of carboxylic acid groups (broad SMARTS) is 1. The van der Waals surface area contributed by atoms with Gasteiger partial charge >= 0.3 is 5.97 Å². The van der Waals surface area contributed by atoms with Crippen LogP contribution >= 0.6 is 11.8 Å². The van der Waals surface area contributed by atoms with Gasteiger partial charge in [-0.1, -0.05) is 12.8 Å². The predicted octanol–water partition coefficient (Wildman–Crippen LogP) is 3.12. The molecule has 1 aromatic rings. The molecule has 2 N–H and O–H groups in total. The van der Waals surface area contributed by atoms with E-state index >= 15 is 0 Å². The van der Waals surface area contributed by atoms with Crippen molar-refractivity contribution in [2.75, 3.05) is 0 Å². The topological polar surface area (TPSA) is 53.1 Å². The van der Waals surface area contributed by atoms with Crippen molar-refractivity contribution >= 4 is 17.7 Å². The van der Waals surface area contributed by atoms with Gasteiger partial charge in [-0.3, -0.25) is 0 Å². The fourth-order valence-electron chi connectivity index (χ4n) is 2.92. The lowest BCUT2D eigenvalue weighted by Crippen LogP contribution is -2.05. The highest BCUT2D eigenvalue weighted by Crippen LogP contribution is 2.41. The molecule has 0 spiro atoms. The van der Waals surface area contributed by atoms with E-state index in [0.29, 0.717) is 11.5 Å². The Morgan fingerprint density at radius 1 is 1.31 bits per heavy atom. The minimum Gasteiger partial charge on any atom is -0.478 e. The van der Waals surface area contributed by atoms with Crippen LogP contribution < -0.4 is 0 Å². The molecule has 3 rings (SSSR count). The van der Waals surface area contributed by atoms with Crippen molar-refractivity contribution < 1.29 is 9.90 Å². The van der Waals surface area contributed by atoms with Gasteiger partial charge in [-0.15, -0.1) is 0 Å². The predicted molar refractivity (Wildman–Crippen MR) is 64.0 cm³/mol. The summed E-state index contributed by atoms with van der Waals surface area (Å²) in [5.74, 6) is 1.52. The Hall–Kier alpha value is -0.900. The van der Waals surface area contributed by atoms with Gasteiger partial charge in [0.2, 0.25) is 0 Å². The largest absolute Gasteiger partial charge is 0.478 e. The summed E-state index contributed by atoms with van der Waals surface area (Å²) in [5.41, 5.74) is 3.81. The first kappa shape index (κ1) is 10.3. The van der Waals surface area contributed by atoms with Crippen LogP contribution in [-0.2, 0) is 11.5 Å². The van der Waals surface area contributed by atoms with Gasteiger partial charge in [0, 0.05) is 22.9 Å². The van der Waals surface area contributed by atoms with E-state index in [2.05, 4.69) is 4.98 Å². The first-order chi connectivity index (χ1) is 7.77. The van der Waals surface area contributed by atoms with Crippen molar-refractivity contribution in [1.82, 2.24) is 4.98 Å². The number of thioether (sulfide) groups is 1. The molecule has 16 heavy (non-hydrogen) atoms. The molecule has 2 heterocycles. The normalized spacial score (nSPS) is 20.2. The molecule has 1 aliphatic heterocycles. The molecule has 0 atom stereocenters. The number of carbonyl (C=O) groups is 1. The minimum atomic E-state index is -0.748. The first-order valence-electron chi connectivity index (χ1n) is 5.82. The Balaban J connectivity index is 2.06. The summed E-state index contributed by atoms with van der Waals surface area (Å²) >= 11 is 1.80. The Labute approximate surface area is 98.6 Å². The van der Waals surface area contributed by atoms with Crippen LogP contribution in [-0.4, -0.2) is 16.1 Å². The Kier molecular flexibility index (Phi) is 2.46. The van der Waals surface area contributed by atoms with Crippen molar-refractivity contribution in [1.29, 1.82) is 0 Å². The molecule has 1 fully saturated rings. The average molecular weight is 237 g/mol. The summed E-state index contributed by atoms with van der Waals surface area (Å²) < 4.78 is 0. The molecule has 1 aromatic heterocycles. The van der Waals surface area contributed by atoms with Gasteiger partial charge in [-0.25, -0.2) is 4.79 Å². The molecule has 0 radical (unpaired) electrons. The number of hydrogen-bond acceptors (Lipinski definition) is 2. The van der Waals surface area contributed by atoms with Crippen molar-refractivity contribution in [2.45, 2.75) is 43.1 Å². The van der Waals surface area contributed by atoms with Gasteiger partial charge in [0.05, 0.1) is 5.56 Å². The quantitative estimate of drug-likeness (QED) is 0.831. The van der Waals surface area contributed by atoms with Gasteiger partial charge in [0.25, 0.3) is 0 Å². The maximum absolute atomic E-state index is 11.4. The second-order valence-electron chi connectivity index (χ2n) is 4.65. The number of aromatic amines is 1. The number of rotatable bonds is 2. The highest BCUT2D eigenvalue weighted by molar-refractivity contribution is 7.98. The number of nitrogens with one attached hydrogen (secondary N) is 1. The van der Waals surface area contributed by atoms with Crippen molar-refractivity contribution in [3.8, 4) is 0 Å². The summed E-state index contributed by atoms with van der Waals surface area (Å²) in [6.45, 7) is 0. The molecule has 0 bridgehead atoms. The fourth-order valence-corrected chi connectivity index (χ4v) is 3.99. The van der Waals surface area contributed by atoms with E-state index in [1.54, 1.807) is 11.8 Å². The molecule has 1 saturated carbocycles. The van der Waals surface area contributed by atoms with E-state index in [0.717, 1.165) is 41.3 Å². The van der Waals surface area contributed by atoms with Crippen molar-refractivity contribution in [2.24, 2.45) is 0 Å². The third-order valence-electron chi connectivity index (χ3n) is 3.69. The Bertz CT molecular complexity index is 432. The van der Waals surface area contributed by atoms with Crippen LogP contribution in [0.2, 0.25) is 0 Å². The number of aromatic carboxylic acids is 1. The molecule has 0 aromatic carbocycles.